The Morgan fingerprint density at radius 2 is 1.27 bits per heavy atom. The zero-order valence-corrected chi connectivity index (χ0v) is 9.49. The van der Waals surface area contributed by atoms with Crippen LogP contribution in [0.15, 0.2) is 0 Å². The first-order valence-electron chi connectivity index (χ1n) is 4.82. The van der Waals surface area contributed by atoms with E-state index in [0.29, 0.717) is 5.41 Å². The topological polar surface area (TPSA) is 26.0 Å². The monoisotopic (exact) mass is 161 g/mol. The molecule has 0 aromatic rings. The van der Waals surface area contributed by atoms with E-state index in [1.807, 2.05) is 27.7 Å². The first kappa shape index (κ1) is 17.2. The highest BCUT2D eigenvalue weighted by atomic mass is 14.6. The summed E-state index contributed by atoms with van der Waals surface area (Å²) in [5.41, 5.74) is 5.78. The summed E-state index contributed by atoms with van der Waals surface area (Å²) >= 11 is 0. The van der Waals surface area contributed by atoms with Gasteiger partial charge in [0.2, 0.25) is 0 Å². The predicted octanol–water partition coefficient (Wildman–Crippen LogP) is 3.43. The summed E-state index contributed by atoms with van der Waals surface area (Å²) in [6, 6.07) is 0. The van der Waals surface area contributed by atoms with Crippen LogP contribution in [0, 0.1) is 5.41 Å². The first-order valence-corrected chi connectivity index (χ1v) is 4.82. The van der Waals surface area contributed by atoms with Crippen molar-refractivity contribution in [3.63, 3.8) is 0 Å². The summed E-state index contributed by atoms with van der Waals surface area (Å²) < 4.78 is 0. The van der Waals surface area contributed by atoms with Gasteiger partial charge in [-0.1, -0.05) is 48.5 Å². The van der Waals surface area contributed by atoms with Gasteiger partial charge in [0.25, 0.3) is 0 Å². The molecule has 1 heteroatoms. The number of hydrogen-bond acceptors (Lipinski definition) is 1. The van der Waals surface area contributed by atoms with E-state index in [0.717, 1.165) is 6.54 Å². The Hall–Kier alpha value is -0.0400. The van der Waals surface area contributed by atoms with Crippen LogP contribution < -0.4 is 5.73 Å². The Bertz CT molecular complexity index is 42.8. The van der Waals surface area contributed by atoms with Gasteiger partial charge in [0.1, 0.15) is 0 Å². The molecule has 0 aliphatic rings. The molecule has 0 saturated heterocycles. The van der Waals surface area contributed by atoms with E-state index in [1.54, 1.807) is 0 Å². The molecule has 0 rings (SSSR count). The van der Waals surface area contributed by atoms with Crippen molar-refractivity contribution in [1.82, 2.24) is 0 Å². The maximum absolute atomic E-state index is 5.42. The van der Waals surface area contributed by atoms with Crippen molar-refractivity contribution >= 4 is 0 Å². The van der Waals surface area contributed by atoms with Crippen LogP contribution in [0.2, 0.25) is 0 Å². The molecule has 0 spiro atoms. The van der Waals surface area contributed by atoms with Crippen molar-refractivity contribution in [2.45, 2.75) is 54.9 Å². The van der Waals surface area contributed by atoms with Gasteiger partial charge in [-0.25, -0.2) is 0 Å². The van der Waals surface area contributed by atoms with Crippen LogP contribution >= 0.6 is 0 Å². The van der Waals surface area contributed by atoms with Gasteiger partial charge in [-0.3, -0.25) is 0 Å². The quantitative estimate of drug-likeness (QED) is 0.659. The first-order chi connectivity index (χ1) is 5.12. The minimum atomic E-state index is 0.361. The zero-order valence-electron chi connectivity index (χ0n) is 9.49. The molecule has 0 radical (unpaired) electrons. The lowest BCUT2D eigenvalue weighted by Crippen LogP contribution is -2.21. The molecule has 0 atom stereocenters. The fourth-order valence-corrected chi connectivity index (χ4v) is 0.144. The molecule has 0 aromatic heterocycles. The number of rotatable bonds is 2. The molecule has 0 saturated carbocycles. The maximum Gasteiger partial charge on any atom is -0.00259 e. The van der Waals surface area contributed by atoms with Gasteiger partial charge in [-0.05, 0) is 18.4 Å². The third-order valence-corrected chi connectivity index (χ3v) is 1.51. The van der Waals surface area contributed by atoms with Gasteiger partial charge < -0.3 is 5.73 Å². The summed E-state index contributed by atoms with van der Waals surface area (Å²) in [5.74, 6) is 0. The molecule has 0 heterocycles. The standard InChI is InChI=1S/C6H15N.2C2H6/c1-4-6(2,3)5-7;2*1-2/h4-5,7H2,1-3H3;2*1-2H3. The van der Waals surface area contributed by atoms with E-state index in [4.69, 9.17) is 5.73 Å². The molecule has 0 amide bonds. The average molecular weight is 161 g/mol. The second kappa shape index (κ2) is 12.6. The zero-order chi connectivity index (χ0) is 9.91. The molecule has 72 valence electrons. The summed E-state index contributed by atoms with van der Waals surface area (Å²) in [6.45, 7) is 15.3. The molecule has 0 aromatic carbocycles. The Morgan fingerprint density at radius 1 is 1.00 bits per heavy atom. The molecule has 0 bridgehead atoms. The third kappa shape index (κ3) is 17.8. The molecule has 0 unspecified atom stereocenters. The van der Waals surface area contributed by atoms with Gasteiger partial charge >= 0.3 is 0 Å². The van der Waals surface area contributed by atoms with Crippen molar-refractivity contribution in [2.24, 2.45) is 11.1 Å². The van der Waals surface area contributed by atoms with Crippen molar-refractivity contribution in [3.8, 4) is 0 Å². The molecular weight excluding hydrogens is 134 g/mol. The summed E-state index contributed by atoms with van der Waals surface area (Å²) in [6.07, 6.45) is 1.17. The van der Waals surface area contributed by atoms with Crippen molar-refractivity contribution in [1.29, 1.82) is 0 Å². The number of hydrogen-bond donors (Lipinski definition) is 1. The van der Waals surface area contributed by atoms with E-state index >= 15 is 0 Å². The normalized spacial score (nSPS) is 8.73. The SMILES string of the molecule is CC.CC.CCC(C)(C)CN. The van der Waals surface area contributed by atoms with Crippen LogP contribution in [0.4, 0.5) is 0 Å². The summed E-state index contributed by atoms with van der Waals surface area (Å²) in [7, 11) is 0. The van der Waals surface area contributed by atoms with Gasteiger partial charge in [0, 0.05) is 0 Å². The van der Waals surface area contributed by atoms with Crippen LogP contribution in [0.3, 0.4) is 0 Å². The molecular formula is C10H27N. The lowest BCUT2D eigenvalue weighted by Gasteiger charge is -2.18. The largest absolute Gasteiger partial charge is 0.330 e. The molecule has 11 heavy (non-hydrogen) atoms. The van der Waals surface area contributed by atoms with E-state index < -0.39 is 0 Å². The Morgan fingerprint density at radius 3 is 1.27 bits per heavy atom. The van der Waals surface area contributed by atoms with Crippen molar-refractivity contribution in [3.05, 3.63) is 0 Å². The minimum absolute atomic E-state index is 0.361. The van der Waals surface area contributed by atoms with Crippen LogP contribution in [-0.4, -0.2) is 6.54 Å². The maximum atomic E-state index is 5.42. The second-order valence-corrected chi connectivity index (χ2v) is 2.72. The van der Waals surface area contributed by atoms with Gasteiger partial charge in [-0.2, -0.15) is 0 Å². The van der Waals surface area contributed by atoms with Crippen LogP contribution in [-0.2, 0) is 0 Å². The summed E-state index contributed by atoms with van der Waals surface area (Å²) in [5, 5.41) is 0. The highest BCUT2D eigenvalue weighted by molar-refractivity contribution is 4.65. The van der Waals surface area contributed by atoms with Gasteiger partial charge in [0.15, 0.2) is 0 Å². The van der Waals surface area contributed by atoms with E-state index in [2.05, 4.69) is 20.8 Å². The average Bonchev–Trinajstić information content (AvgIpc) is 2.12. The Balaban J connectivity index is -0.000000138. The van der Waals surface area contributed by atoms with Crippen molar-refractivity contribution < 1.29 is 0 Å². The molecule has 1 nitrogen and oxygen atoms in total. The van der Waals surface area contributed by atoms with E-state index in [-0.39, 0.29) is 0 Å². The Labute approximate surface area is 73.4 Å². The van der Waals surface area contributed by atoms with Gasteiger partial charge in [0.05, 0.1) is 0 Å². The molecule has 0 fully saturated rings. The fourth-order valence-electron chi connectivity index (χ4n) is 0.144. The fraction of sp³-hybridized carbons (Fsp3) is 1.00. The molecule has 0 aliphatic heterocycles. The van der Waals surface area contributed by atoms with Crippen LogP contribution in [0.25, 0.3) is 0 Å². The third-order valence-electron chi connectivity index (χ3n) is 1.51. The Kier molecular flexibility index (Phi) is 19.7. The molecule has 2 N–H and O–H groups in total. The summed E-state index contributed by atoms with van der Waals surface area (Å²) in [4.78, 5) is 0. The predicted molar refractivity (Wildman–Crippen MR) is 55.8 cm³/mol. The van der Waals surface area contributed by atoms with Crippen LogP contribution in [0.1, 0.15) is 54.9 Å². The van der Waals surface area contributed by atoms with Crippen LogP contribution in [0.5, 0.6) is 0 Å². The minimum Gasteiger partial charge on any atom is -0.330 e. The lowest BCUT2D eigenvalue weighted by atomic mass is 9.91. The highest BCUT2D eigenvalue weighted by Crippen LogP contribution is 2.15. The van der Waals surface area contributed by atoms with Gasteiger partial charge in [-0.15, -0.1) is 0 Å². The molecule has 0 aliphatic carbocycles. The highest BCUT2D eigenvalue weighted by Gasteiger charge is 2.10. The number of nitrogens with two attached hydrogens (primary N) is 1. The van der Waals surface area contributed by atoms with E-state index in [9.17, 15) is 0 Å². The van der Waals surface area contributed by atoms with E-state index in [1.165, 1.54) is 6.42 Å². The second-order valence-electron chi connectivity index (χ2n) is 2.72. The van der Waals surface area contributed by atoms with Crippen molar-refractivity contribution in [2.75, 3.05) is 6.54 Å². The smallest absolute Gasteiger partial charge is 0.00259 e. The lowest BCUT2D eigenvalue weighted by molar-refractivity contribution is 0.365.